The Kier molecular flexibility index (Phi) is 7.13. The third-order valence-corrected chi connectivity index (χ3v) is 8.21. The molecule has 0 radical (unpaired) electrons. The number of piperazine rings is 1. The second kappa shape index (κ2) is 10.0. The molecule has 1 fully saturated rings. The monoisotopic (exact) mass is 487 g/mol. The first-order valence-electron chi connectivity index (χ1n) is 10.4. The van der Waals surface area contributed by atoms with Crippen LogP contribution in [-0.2, 0) is 15.8 Å². The molecule has 1 amide bonds. The number of carbonyl (C=O) groups excluding carboxylic acids is 1. The standard InChI is InChI=1S/C22H25N5O4S2/c1-16-14-18(25-31-16)15-32-22-20(4-3-9-23-22)21(28)24-17-5-7-19(8-6-17)33(29,30)27-12-10-26(2)11-13-27/h3-9,14H,10-13,15H2,1-2H3,(H,24,28). The van der Waals surface area contributed by atoms with Crippen LogP contribution >= 0.6 is 11.8 Å². The number of rotatable bonds is 7. The normalized spacial score (nSPS) is 15.5. The summed E-state index contributed by atoms with van der Waals surface area (Å²) in [6.45, 7) is 4.16. The predicted octanol–water partition coefficient (Wildman–Crippen LogP) is 2.86. The minimum absolute atomic E-state index is 0.213. The third kappa shape index (κ3) is 5.61. The molecular formula is C22H25N5O4S2. The molecule has 2 aromatic heterocycles. The molecular weight excluding hydrogens is 462 g/mol. The zero-order chi connectivity index (χ0) is 23.4. The Morgan fingerprint density at radius 1 is 1.15 bits per heavy atom. The van der Waals surface area contributed by atoms with E-state index in [0.717, 1.165) is 11.5 Å². The summed E-state index contributed by atoms with van der Waals surface area (Å²) >= 11 is 1.39. The molecule has 3 aromatic rings. The van der Waals surface area contributed by atoms with Crippen LogP contribution in [0.4, 0.5) is 5.69 Å². The Labute approximate surface area is 197 Å². The van der Waals surface area contributed by atoms with Gasteiger partial charge in [-0.15, -0.1) is 0 Å². The molecule has 1 N–H and O–H groups in total. The zero-order valence-electron chi connectivity index (χ0n) is 18.4. The number of hydrogen-bond acceptors (Lipinski definition) is 8. The number of aromatic nitrogens is 2. The van der Waals surface area contributed by atoms with Crippen molar-refractivity contribution in [3.8, 4) is 0 Å². The van der Waals surface area contributed by atoms with E-state index in [4.69, 9.17) is 4.52 Å². The van der Waals surface area contributed by atoms with E-state index in [-0.39, 0.29) is 10.8 Å². The van der Waals surface area contributed by atoms with Crippen LogP contribution < -0.4 is 5.32 Å². The highest BCUT2D eigenvalue weighted by Gasteiger charge is 2.27. The molecule has 33 heavy (non-hydrogen) atoms. The Morgan fingerprint density at radius 3 is 2.55 bits per heavy atom. The van der Waals surface area contributed by atoms with Gasteiger partial charge in [0.2, 0.25) is 10.0 Å². The van der Waals surface area contributed by atoms with Crippen molar-refractivity contribution in [2.24, 2.45) is 0 Å². The first kappa shape index (κ1) is 23.4. The van der Waals surface area contributed by atoms with Gasteiger partial charge in [0.25, 0.3) is 5.91 Å². The van der Waals surface area contributed by atoms with Gasteiger partial charge in [0.05, 0.1) is 16.2 Å². The van der Waals surface area contributed by atoms with E-state index >= 15 is 0 Å². The quantitative estimate of drug-likeness (QED) is 0.507. The molecule has 1 saturated heterocycles. The van der Waals surface area contributed by atoms with E-state index in [0.29, 0.717) is 48.2 Å². The minimum atomic E-state index is -3.55. The number of anilines is 1. The largest absolute Gasteiger partial charge is 0.361 e. The molecule has 0 aliphatic carbocycles. The lowest BCUT2D eigenvalue weighted by Crippen LogP contribution is -2.46. The average Bonchev–Trinajstić information content (AvgIpc) is 3.23. The number of hydrogen-bond donors (Lipinski definition) is 1. The van der Waals surface area contributed by atoms with Gasteiger partial charge in [-0.25, -0.2) is 13.4 Å². The Balaban J connectivity index is 1.43. The number of benzene rings is 1. The number of aryl methyl sites for hydroxylation is 1. The van der Waals surface area contributed by atoms with E-state index in [2.05, 4.69) is 20.4 Å². The van der Waals surface area contributed by atoms with Crippen molar-refractivity contribution in [1.29, 1.82) is 0 Å². The maximum absolute atomic E-state index is 12.9. The fourth-order valence-corrected chi connectivity index (χ4v) is 5.69. The molecule has 174 valence electrons. The smallest absolute Gasteiger partial charge is 0.258 e. The number of thioether (sulfide) groups is 1. The van der Waals surface area contributed by atoms with Gasteiger partial charge >= 0.3 is 0 Å². The molecule has 1 aromatic carbocycles. The fourth-order valence-electron chi connectivity index (χ4n) is 3.39. The van der Waals surface area contributed by atoms with Crippen LogP contribution in [0.1, 0.15) is 21.8 Å². The van der Waals surface area contributed by atoms with Crippen molar-refractivity contribution in [2.75, 3.05) is 38.5 Å². The number of sulfonamides is 1. The first-order valence-corrected chi connectivity index (χ1v) is 12.9. The summed E-state index contributed by atoms with van der Waals surface area (Å²) in [5.41, 5.74) is 1.70. The number of likely N-dealkylation sites (N-methyl/N-ethyl adjacent to an activating group) is 1. The van der Waals surface area contributed by atoms with Gasteiger partial charge in [0.15, 0.2) is 0 Å². The maximum atomic E-state index is 12.9. The third-order valence-electron chi connectivity index (χ3n) is 5.26. The topological polar surface area (TPSA) is 109 Å². The molecule has 3 heterocycles. The first-order chi connectivity index (χ1) is 15.8. The van der Waals surface area contributed by atoms with Crippen LogP contribution in [0.15, 0.2) is 63.1 Å². The Hall–Kier alpha value is -2.73. The average molecular weight is 488 g/mol. The second-order valence-electron chi connectivity index (χ2n) is 7.76. The number of carbonyl (C=O) groups is 1. The minimum Gasteiger partial charge on any atom is -0.361 e. The molecule has 0 bridgehead atoms. The van der Waals surface area contributed by atoms with Crippen LogP contribution in [0, 0.1) is 6.92 Å². The highest BCUT2D eigenvalue weighted by molar-refractivity contribution is 7.98. The molecule has 0 spiro atoms. The van der Waals surface area contributed by atoms with Crippen molar-refractivity contribution in [3.05, 3.63) is 65.7 Å². The van der Waals surface area contributed by atoms with E-state index in [1.165, 1.54) is 28.2 Å². The van der Waals surface area contributed by atoms with Gasteiger partial charge in [0, 0.05) is 49.9 Å². The second-order valence-corrected chi connectivity index (χ2v) is 10.7. The van der Waals surface area contributed by atoms with Crippen molar-refractivity contribution < 1.29 is 17.7 Å². The van der Waals surface area contributed by atoms with Gasteiger partial charge < -0.3 is 14.7 Å². The lowest BCUT2D eigenvalue weighted by atomic mass is 10.2. The van der Waals surface area contributed by atoms with Crippen molar-refractivity contribution >= 4 is 33.4 Å². The molecule has 0 atom stereocenters. The van der Waals surface area contributed by atoms with Gasteiger partial charge in [-0.2, -0.15) is 4.31 Å². The van der Waals surface area contributed by atoms with E-state index in [1.54, 1.807) is 30.5 Å². The molecule has 11 heteroatoms. The van der Waals surface area contributed by atoms with Crippen molar-refractivity contribution in [2.45, 2.75) is 22.6 Å². The fraction of sp³-hybridized carbons (Fsp3) is 0.318. The van der Waals surface area contributed by atoms with Crippen LogP contribution in [0.2, 0.25) is 0 Å². The number of nitrogens with zero attached hydrogens (tertiary/aromatic N) is 4. The zero-order valence-corrected chi connectivity index (χ0v) is 20.0. The summed E-state index contributed by atoms with van der Waals surface area (Å²) in [7, 11) is -1.58. The molecule has 1 aliphatic heterocycles. The summed E-state index contributed by atoms with van der Waals surface area (Å²) in [5, 5.41) is 7.36. The molecule has 4 rings (SSSR count). The number of nitrogens with one attached hydrogen (secondary N) is 1. The summed E-state index contributed by atoms with van der Waals surface area (Å²) in [5.74, 6) is 0.923. The van der Waals surface area contributed by atoms with Gasteiger partial charge in [-0.05, 0) is 50.4 Å². The van der Waals surface area contributed by atoms with Crippen LogP contribution in [0.5, 0.6) is 0 Å². The van der Waals surface area contributed by atoms with E-state index in [9.17, 15) is 13.2 Å². The van der Waals surface area contributed by atoms with E-state index in [1.807, 2.05) is 20.0 Å². The van der Waals surface area contributed by atoms with Crippen molar-refractivity contribution in [1.82, 2.24) is 19.3 Å². The number of pyridine rings is 1. The summed E-state index contributed by atoms with van der Waals surface area (Å²) in [4.78, 5) is 19.5. The van der Waals surface area contributed by atoms with Gasteiger partial charge in [-0.3, -0.25) is 4.79 Å². The molecule has 0 unspecified atom stereocenters. The van der Waals surface area contributed by atoms with Crippen LogP contribution in [-0.4, -0.2) is 66.9 Å². The molecule has 0 saturated carbocycles. The SMILES string of the molecule is Cc1cc(CSc2ncccc2C(=O)Nc2ccc(S(=O)(=O)N3CCN(C)CC3)cc2)no1. The highest BCUT2D eigenvalue weighted by Crippen LogP contribution is 2.25. The van der Waals surface area contributed by atoms with Crippen LogP contribution in [0.25, 0.3) is 0 Å². The van der Waals surface area contributed by atoms with Crippen molar-refractivity contribution in [3.63, 3.8) is 0 Å². The lowest BCUT2D eigenvalue weighted by Gasteiger charge is -2.31. The summed E-state index contributed by atoms with van der Waals surface area (Å²) in [6.07, 6.45) is 1.63. The Bertz CT molecular complexity index is 1220. The Morgan fingerprint density at radius 2 is 1.88 bits per heavy atom. The predicted molar refractivity (Wildman–Crippen MR) is 126 cm³/mol. The highest BCUT2D eigenvalue weighted by atomic mass is 32.2. The van der Waals surface area contributed by atoms with Crippen LogP contribution in [0.3, 0.4) is 0 Å². The molecule has 1 aliphatic rings. The lowest BCUT2D eigenvalue weighted by molar-refractivity contribution is 0.102. The van der Waals surface area contributed by atoms with Gasteiger partial charge in [0.1, 0.15) is 10.8 Å². The summed E-state index contributed by atoms with van der Waals surface area (Å²) in [6, 6.07) is 11.5. The maximum Gasteiger partial charge on any atom is 0.258 e. The van der Waals surface area contributed by atoms with Gasteiger partial charge in [-0.1, -0.05) is 16.9 Å². The van der Waals surface area contributed by atoms with E-state index < -0.39 is 10.0 Å². The number of amides is 1. The summed E-state index contributed by atoms with van der Waals surface area (Å²) < 4.78 is 32.3. The molecule has 9 nitrogen and oxygen atoms in total.